The third-order valence-electron chi connectivity index (χ3n) is 9.34. The lowest BCUT2D eigenvalue weighted by molar-refractivity contribution is -0.861. The monoisotopic (exact) mass is 755 g/mol. The minimum atomic E-state index is -1.08. The molecule has 0 aliphatic carbocycles. The number of hydrogen-bond acceptors (Lipinski definition) is 7. The molecule has 3 heterocycles. The highest BCUT2D eigenvalue weighted by molar-refractivity contribution is 6.34. The number of quaternary nitrogens is 1. The number of likely N-dealkylation sites (N-methyl/N-ethyl adjacent to an activating group) is 1. The summed E-state index contributed by atoms with van der Waals surface area (Å²) in [6.07, 6.45) is 3.45. The van der Waals surface area contributed by atoms with Crippen LogP contribution in [0.5, 0.6) is 0 Å². The predicted octanol–water partition coefficient (Wildman–Crippen LogP) is 2.91. The average molecular weight is 756 g/mol. The number of ether oxygens (including phenoxy) is 1. The van der Waals surface area contributed by atoms with Gasteiger partial charge in [0.1, 0.15) is 12.6 Å². The summed E-state index contributed by atoms with van der Waals surface area (Å²) in [4.78, 5) is 47.8. The molecule has 5 rings (SSSR count). The number of anilines is 1. The van der Waals surface area contributed by atoms with E-state index in [0.29, 0.717) is 70.0 Å². The first kappa shape index (κ1) is 39.5. The van der Waals surface area contributed by atoms with E-state index in [1.165, 1.54) is 54.3 Å². The highest BCUT2D eigenvalue weighted by Crippen LogP contribution is 2.34. The van der Waals surface area contributed by atoms with Crippen LogP contribution < -0.4 is 10.2 Å². The fourth-order valence-electron chi connectivity index (χ4n) is 6.51. The minimum absolute atomic E-state index is 0.0537. The van der Waals surface area contributed by atoms with Gasteiger partial charge in [-0.3, -0.25) is 19.1 Å². The van der Waals surface area contributed by atoms with Gasteiger partial charge in [0.05, 0.1) is 55.9 Å². The molecule has 3 amide bonds. The van der Waals surface area contributed by atoms with Crippen LogP contribution >= 0.6 is 11.6 Å². The molecule has 1 unspecified atom stereocenters. The summed E-state index contributed by atoms with van der Waals surface area (Å²) in [5.74, 6) is -3.16. The lowest BCUT2D eigenvalue weighted by Gasteiger charge is -2.35. The van der Waals surface area contributed by atoms with Crippen LogP contribution in [-0.4, -0.2) is 119 Å². The van der Waals surface area contributed by atoms with Crippen LogP contribution in [0.15, 0.2) is 42.7 Å². The third kappa shape index (κ3) is 8.92. The molecule has 1 fully saturated rings. The van der Waals surface area contributed by atoms with Crippen molar-refractivity contribution in [3.8, 4) is 22.4 Å². The largest absolute Gasteiger partial charge is 0.387 e. The Labute approximate surface area is 312 Å². The van der Waals surface area contributed by atoms with E-state index in [4.69, 9.17) is 16.3 Å². The van der Waals surface area contributed by atoms with E-state index in [1.807, 2.05) is 21.0 Å². The number of aliphatic hydroxyl groups is 1. The van der Waals surface area contributed by atoms with Crippen molar-refractivity contribution in [3.63, 3.8) is 0 Å². The number of nitrogens with zero attached hydrogens (tertiary/aromatic N) is 6. The molecule has 1 aliphatic rings. The molecule has 2 aromatic heterocycles. The first-order valence-electron chi connectivity index (χ1n) is 17.5. The van der Waals surface area contributed by atoms with E-state index in [0.717, 1.165) is 10.6 Å². The van der Waals surface area contributed by atoms with Gasteiger partial charge in [-0.15, -0.1) is 0 Å². The Balaban J connectivity index is 1.22. The Kier molecular flexibility index (Phi) is 13.0. The number of imidazole rings is 1. The van der Waals surface area contributed by atoms with Crippen molar-refractivity contribution < 1.29 is 37.9 Å². The van der Waals surface area contributed by atoms with Crippen LogP contribution in [0.4, 0.5) is 14.5 Å². The van der Waals surface area contributed by atoms with Crippen LogP contribution in [0.3, 0.4) is 0 Å². The van der Waals surface area contributed by atoms with Gasteiger partial charge in [0.25, 0.3) is 11.8 Å². The first-order chi connectivity index (χ1) is 25.3. The average Bonchev–Trinajstić information content (AvgIpc) is 3.73. The van der Waals surface area contributed by atoms with Crippen LogP contribution in [0.25, 0.3) is 22.4 Å². The van der Waals surface area contributed by atoms with E-state index in [-0.39, 0.29) is 51.5 Å². The molecule has 16 heteroatoms. The number of carbonyl (C=O) groups excluding carboxylic acids is 3. The maximum atomic E-state index is 15.6. The number of halogens is 3. The van der Waals surface area contributed by atoms with Crippen LogP contribution in [0, 0.1) is 11.6 Å². The van der Waals surface area contributed by atoms with Gasteiger partial charge in [-0.1, -0.05) is 24.6 Å². The van der Waals surface area contributed by atoms with Crippen molar-refractivity contribution in [3.05, 3.63) is 76.5 Å². The Morgan fingerprint density at radius 1 is 1.02 bits per heavy atom. The number of benzene rings is 2. The second-order valence-corrected chi connectivity index (χ2v) is 13.7. The summed E-state index contributed by atoms with van der Waals surface area (Å²) in [5, 5.41) is 17.2. The summed E-state index contributed by atoms with van der Waals surface area (Å²) >= 11 is 6.51. The zero-order valence-electron chi connectivity index (χ0n) is 30.6. The lowest BCUT2D eigenvalue weighted by atomic mass is 10.0. The normalized spacial score (nSPS) is 13.8. The Bertz CT molecular complexity index is 1960. The number of methoxy groups -OCH3 is 1. The van der Waals surface area contributed by atoms with Gasteiger partial charge in [-0.05, 0) is 37.1 Å². The molecule has 0 spiro atoms. The SMILES string of the molecule is CCc1c(-c2ccc(-c3cnc(C(=O)Nc4ccc(C(=O)N5CCN(C(=O)CCC(O)C[NH+](C)C)CC5)c(Cl)c4)n3C)c(F)c2F)cnn1CCOC. The second-order valence-electron chi connectivity index (χ2n) is 13.3. The van der Waals surface area contributed by atoms with Crippen LogP contribution in [0.1, 0.15) is 46.4 Å². The number of aromatic nitrogens is 4. The molecule has 4 aromatic rings. The number of aliphatic hydroxyl groups excluding tert-OH is 1. The number of piperazine rings is 1. The third-order valence-corrected chi connectivity index (χ3v) is 9.66. The number of nitrogens with one attached hydrogen (secondary N) is 2. The van der Waals surface area contributed by atoms with E-state index >= 15 is 8.78 Å². The summed E-state index contributed by atoms with van der Waals surface area (Å²) in [6, 6.07) is 7.44. The highest BCUT2D eigenvalue weighted by Gasteiger charge is 2.27. The molecule has 0 radical (unpaired) electrons. The summed E-state index contributed by atoms with van der Waals surface area (Å²) < 4.78 is 39.4. The maximum absolute atomic E-state index is 15.6. The standard InChI is InChI=1S/C37H45ClF2N8O5/c1-6-30-28(20-42-48(30)17-18-53-5)25-10-11-27(34(40)33(25)39)31-21-41-35(45(31)4)36(51)43-23-7-9-26(29(38)19-23)37(52)47-15-13-46(14-16-47)32(50)12-8-24(49)22-44(2)3/h7,9-11,19-21,24,49H,6,8,12-18,22H2,1-5H3,(H,43,51)/p+1. The van der Waals surface area contributed by atoms with Crippen molar-refractivity contribution in [2.24, 2.45) is 7.05 Å². The first-order valence-corrected chi connectivity index (χ1v) is 17.9. The molecule has 284 valence electrons. The van der Waals surface area contributed by atoms with Gasteiger partial charge in [0, 0.05) is 74.8 Å². The molecule has 1 saturated heterocycles. The van der Waals surface area contributed by atoms with Crippen molar-refractivity contribution in [1.82, 2.24) is 29.1 Å². The van der Waals surface area contributed by atoms with Crippen molar-refractivity contribution in [2.45, 2.75) is 38.8 Å². The van der Waals surface area contributed by atoms with Gasteiger partial charge in [-0.25, -0.2) is 13.8 Å². The van der Waals surface area contributed by atoms with E-state index in [1.54, 1.807) is 21.6 Å². The van der Waals surface area contributed by atoms with Crippen molar-refractivity contribution in [2.75, 3.05) is 65.9 Å². The number of rotatable bonds is 14. The molecule has 1 atom stereocenters. The zero-order valence-corrected chi connectivity index (χ0v) is 31.3. The quantitative estimate of drug-likeness (QED) is 0.180. The van der Waals surface area contributed by atoms with E-state index < -0.39 is 23.6 Å². The lowest BCUT2D eigenvalue weighted by Crippen LogP contribution is -3.07. The molecular formula is C37H46ClF2N8O5+. The smallest absolute Gasteiger partial charge is 0.291 e. The van der Waals surface area contributed by atoms with Gasteiger partial charge in [0.15, 0.2) is 17.5 Å². The number of amides is 3. The van der Waals surface area contributed by atoms with Gasteiger partial charge < -0.3 is 34.4 Å². The van der Waals surface area contributed by atoms with Crippen LogP contribution in [0.2, 0.25) is 5.02 Å². The van der Waals surface area contributed by atoms with Gasteiger partial charge in [0.2, 0.25) is 5.91 Å². The Morgan fingerprint density at radius 2 is 1.70 bits per heavy atom. The molecule has 0 bridgehead atoms. The topological polar surface area (TPSA) is 139 Å². The molecule has 2 aromatic carbocycles. The second kappa shape index (κ2) is 17.4. The van der Waals surface area contributed by atoms with Gasteiger partial charge >= 0.3 is 0 Å². The zero-order chi connectivity index (χ0) is 38.4. The summed E-state index contributed by atoms with van der Waals surface area (Å²) in [5.41, 5.74) is 1.98. The summed E-state index contributed by atoms with van der Waals surface area (Å²) in [7, 11) is 6.98. The van der Waals surface area contributed by atoms with Crippen molar-refractivity contribution in [1.29, 1.82) is 0 Å². The minimum Gasteiger partial charge on any atom is -0.387 e. The number of carbonyl (C=O) groups is 3. The van der Waals surface area contributed by atoms with Crippen molar-refractivity contribution >= 4 is 35.0 Å². The maximum Gasteiger partial charge on any atom is 0.291 e. The fourth-order valence-corrected chi connectivity index (χ4v) is 6.77. The molecule has 13 nitrogen and oxygen atoms in total. The van der Waals surface area contributed by atoms with E-state index in [2.05, 4.69) is 15.4 Å². The Hall–Kier alpha value is -4.70. The van der Waals surface area contributed by atoms with Crippen LogP contribution in [-0.2, 0) is 29.5 Å². The Morgan fingerprint density at radius 3 is 2.36 bits per heavy atom. The van der Waals surface area contributed by atoms with E-state index in [9.17, 15) is 19.5 Å². The van der Waals surface area contributed by atoms with Gasteiger partial charge in [-0.2, -0.15) is 5.10 Å². The molecular weight excluding hydrogens is 710 g/mol. The summed E-state index contributed by atoms with van der Waals surface area (Å²) in [6.45, 7) is 4.79. The molecule has 3 N–H and O–H groups in total. The molecule has 0 saturated carbocycles. The number of hydrogen-bond donors (Lipinski definition) is 3. The molecule has 1 aliphatic heterocycles. The predicted molar refractivity (Wildman–Crippen MR) is 196 cm³/mol. The highest BCUT2D eigenvalue weighted by atomic mass is 35.5. The molecule has 53 heavy (non-hydrogen) atoms. The fraction of sp³-hybridized carbons (Fsp3) is 0.432.